The molecule has 0 fully saturated rings. The summed E-state index contributed by atoms with van der Waals surface area (Å²) in [6.07, 6.45) is 0.237. The van der Waals surface area contributed by atoms with Crippen LogP contribution in [0.3, 0.4) is 0 Å². The molecule has 1 aromatic carbocycles. The highest BCUT2D eigenvalue weighted by atomic mass is 79.9. The molecule has 0 bridgehead atoms. The van der Waals surface area contributed by atoms with Crippen molar-refractivity contribution in [3.05, 3.63) is 34.1 Å². The summed E-state index contributed by atoms with van der Waals surface area (Å²) in [5.41, 5.74) is -1.04. The van der Waals surface area contributed by atoms with Crippen molar-refractivity contribution in [1.82, 2.24) is 10.6 Å². The SMILES string of the molecule is CCC(C)(NC(=O)NCc1cc(Br)ccc1F)C(=O)O. The van der Waals surface area contributed by atoms with Crippen LogP contribution >= 0.6 is 15.9 Å². The number of nitrogens with one attached hydrogen (secondary N) is 2. The Balaban J connectivity index is 2.64. The molecule has 0 spiro atoms. The second kappa shape index (κ2) is 6.69. The molecule has 1 rings (SSSR count). The molecule has 0 heterocycles. The Morgan fingerprint density at radius 2 is 2.10 bits per heavy atom. The predicted molar refractivity (Wildman–Crippen MR) is 75.8 cm³/mol. The highest BCUT2D eigenvalue weighted by Gasteiger charge is 2.32. The van der Waals surface area contributed by atoms with E-state index >= 15 is 0 Å². The first-order chi connectivity index (χ1) is 9.28. The number of aliphatic carboxylic acids is 1. The fraction of sp³-hybridized carbons (Fsp3) is 0.385. The molecule has 0 saturated heterocycles. The Hall–Kier alpha value is -1.63. The Morgan fingerprint density at radius 3 is 2.65 bits per heavy atom. The van der Waals surface area contributed by atoms with Crippen molar-refractivity contribution in [2.45, 2.75) is 32.4 Å². The van der Waals surface area contributed by atoms with Crippen LogP contribution in [-0.4, -0.2) is 22.6 Å². The summed E-state index contributed by atoms with van der Waals surface area (Å²) in [6.45, 7) is 3.04. The molecule has 5 nitrogen and oxygen atoms in total. The lowest BCUT2D eigenvalue weighted by atomic mass is 10.00. The third-order valence-corrected chi connectivity index (χ3v) is 3.51. The van der Waals surface area contributed by atoms with E-state index < -0.39 is 23.4 Å². The van der Waals surface area contributed by atoms with Gasteiger partial charge in [-0.2, -0.15) is 0 Å². The van der Waals surface area contributed by atoms with Gasteiger partial charge in [0.25, 0.3) is 0 Å². The summed E-state index contributed by atoms with van der Waals surface area (Å²) in [5, 5.41) is 13.8. The molecule has 1 aromatic rings. The zero-order valence-electron chi connectivity index (χ0n) is 11.2. The minimum Gasteiger partial charge on any atom is -0.480 e. The fourth-order valence-corrected chi connectivity index (χ4v) is 1.85. The van der Waals surface area contributed by atoms with Gasteiger partial charge in [-0.1, -0.05) is 22.9 Å². The van der Waals surface area contributed by atoms with E-state index in [4.69, 9.17) is 5.11 Å². The van der Waals surface area contributed by atoms with Crippen LogP contribution in [0.25, 0.3) is 0 Å². The van der Waals surface area contributed by atoms with E-state index in [-0.39, 0.29) is 13.0 Å². The number of benzene rings is 1. The van der Waals surface area contributed by atoms with Gasteiger partial charge in [-0.15, -0.1) is 0 Å². The maximum atomic E-state index is 13.5. The van der Waals surface area contributed by atoms with E-state index in [9.17, 15) is 14.0 Å². The van der Waals surface area contributed by atoms with E-state index in [0.29, 0.717) is 10.0 Å². The second-order valence-corrected chi connectivity index (χ2v) is 5.45. The van der Waals surface area contributed by atoms with Gasteiger partial charge in [0.1, 0.15) is 11.4 Å². The smallest absolute Gasteiger partial charge is 0.329 e. The number of hydrogen-bond donors (Lipinski definition) is 3. The fourth-order valence-electron chi connectivity index (χ4n) is 1.44. The molecule has 1 unspecified atom stereocenters. The number of carboxylic acids is 1. The quantitative estimate of drug-likeness (QED) is 0.766. The van der Waals surface area contributed by atoms with E-state index in [2.05, 4.69) is 26.6 Å². The number of carbonyl (C=O) groups is 2. The number of amides is 2. The van der Waals surface area contributed by atoms with Crippen LogP contribution in [-0.2, 0) is 11.3 Å². The lowest BCUT2D eigenvalue weighted by molar-refractivity contribution is -0.143. The zero-order valence-corrected chi connectivity index (χ0v) is 12.8. The van der Waals surface area contributed by atoms with Crippen molar-refractivity contribution in [3.8, 4) is 0 Å². The van der Waals surface area contributed by atoms with Crippen molar-refractivity contribution in [2.75, 3.05) is 0 Å². The molecule has 1 atom stereocenters. The van der Waals surface area contributed by atoms with Crippen molar-refractivity contribution < 1.29 is 19.1 Å². The van der Waals surface area contributed by atoms with Gasteiger partial charge < -0.3 is 15.7 Å². The number of carbonyl (C=O) groups excluding carboxylic acids is 1. The van der Waals surface area contributed by atoms with Gasteiger partial charge in [0.05, 0.1) is 0 Å². The molecule has 0 saturated carbocycles. The highest BCUT2D eigenvalue weighted by molar-refractivity contribution is 9.10. The van der Waals surface area contributed by atoms with Gasteiger partial charge in [0, 0.05) is 16.6 Å². The maximum Gasteiger partial charge on any atom is 0.329 e. The van der Waals surface area contributed by atoms with Crippen LogP contribution in [0.15, 0.2) is 22.7 Å². The highest BCUT2D eigenvalue weighted by Crippen LogP contribution is 2.15. The topological polar surface area (TPSA) is 78.4 Å². The van der Waals surface area contributed by atoms with Crippen molar-refractivity contribution in [2.24, 2.45) is 0 Å². The third kappa shape index (κ3) is 4.19. The molecular formula is C13H16BrFN2O3. The molecule has 7 heteroatoms. The monoisotopic (exact) mass is 346 g/mol. The van der Waals surface area contributed by atoms with E-state index in [1.807, 2.05) is 0 Å². The first-order valence-corrected chi connectivity index (χ1v) is 6.81. The average Bonchev–Trinajstić information content (AvgIpc) is 2.39. The standard InChI is InChI=1S/C13H16BrFN2O3/c1-3-13(2,11(18)19)17-12(20)16-7-8-6-9(14)4-5-10(8)15/h4-6H,3,7H2,1-2H3,(H,18,19)(H2,16,17,20). The normalized spacial score (nSPS) is 13.4. The van der Waals surface area contributed by atoms with Crippen LogP contribution in [0, 0.1) is 5.82 Å². The van der Waals surface area contributed by atoms with Gasteiger partial charge in [0.15, 0.2) is 0 Å². The summed E-state index contributed by atoms with van der Waals surface area (Å²) in [5.74, 6) is -1.56. The van der Waals surface area contributed by atoms with E-state index in [1.54, 1.807) is 19.1 Å². The minimum atomic E-state index is -1.35. The Kier molecular flexibility index (Phi) is 5.50. The first kappa shape index (κ1) is 16.4. The first-order valence-electron chi connectivity index (χ1n) is 6.02. The number of hydrogen-bond acceptors (Lipinski definition) is 2. The van der Waals surface area contributed by atoms with Gasteiger partial charge in [-0.05, 0) is 31.5 Å². The number of halogens is 2. The molecule has 0 aliphatic heterocycles. The molecule has 110 valence electrons. The summed E-state index contributed by atoms with van der Waals surface area (Å²) in [4.78, 5) is 22.7. The summed E-state index contributed by atoms with van der Waals surface area (Å²) in [6, 6.07) is 3.73. The van der Waals surface area contributed by atoms with E-state index in [1.165, 1.54) is 13.0 Å². The Bertz CT molecular complexity index is 524. The van der Waals surface area contributed by atoms with Crippen molar-refractivity contribution in [3.63, 3.8) is 0 Å². The number of urea groups is 1. The summed E-state index contributed by atoms with van der Waals surface area (Å²) >= 11 is 3.21. The molecule has 0 radical (unpaired) electrons. The summed E-state index contributed by atoms with van der Waals surface area (Å²) < 4.78 is 14.2. The molecule has 0 aliphatic rings. The third-order valence-electron chi connectivity index (χ3n) is 3.02. The Morgan fingerprint density at radius 1 is 1.45 bits per heavy atom. The lowest BCUT2D eigenvalue weighted by Crippen LogP contribution is -2.54. The number of rotatable bonds is 5. The van der Waals surface area contributed by atoms with Crippen molar-refractivity contribution in [1.29, 1.82) is 0 Å². The van der Waals surface area contributed by atoms with Gasteiger partial charge in [-0.3, -0.25) is 0 Å². The lowest BCUT2D eigenvalue weighted by Gasteiger charge is -2.24. The minimum absolute atomic E-state index is 0.0312. The molecule has 3 N–H and O–H groups in total. The molecule has 0 aromatic heterocycles. The molecule has 0 aliphatic carbocycles. The van der Waals surface area contributed by atoms with Gasteiger partial charge in [0.2, 0.25) is 0 Å². The number of carboxylic acid groups (broad SMARTS) is 1. The van der Waals surface area contributed by atoms with Crippen molar-refractivity contribution >= 4 is 27.9 Å². The maximum absolute atomic E-state index is 13.5. The van der Waals surface area contributed by atoms with Crippen LogP contribution in [0.2, 0.25) is 0 Å². The molecule has 20 heavy (non-hydrogen) atoms. The van der Waals surface area contributed by atoms with E-state index in [0.717, 1.165) is 0 Å². The summed E-state index contributed by atoms with van der Waals surface area (Å²) in [7, 11) is 0. The van der Waals surface area contributed by atoms with Gasteiger partial charge >= 0.3 is 12.0 Å². The van der Waals surface area contributed by atoms with Crippen LogP contribution < -0.4 is 10.6 Å². The van der Waals surface area contributed by atoms with Gasteiger partial charge in [-0.25, -0.2) is 14.0 Å². The molecular weight excluding hydrogens is 331 g/mol. The zero-order chi connectivity index (χ0) is 15.3. The molecule has 2 amide bonds. The average molecular weight is 347 g/mol. The van der Waals surface area contributed by atoms with Crippen LogP contribution in [0.4, 0.5) is 9.18 Å². The van der Waals surface area contributed by atoms with Crippen LogP contribution in [0.1, 0.15) is 25.8 Å². The predicted octanol–water partition coefficient (Wildman–Crippen LogP) is 2.64. The largest absolute Gasteiger partial charge is 0.480 e. The Labute approximate surface area is 124 Å². The van der Waals surface area contributed by atoms with Crippen LogP contribution in [0.5, 0.6) is 0 Å². The second-order valence-electron chi connectivity index (χ2n) is 4.53.